The number of rotatable bonds is 8. The second-order valence-electron chi connectivity index (χ2n) is 6.52. The maximum Gasteiger partial charge on any atom is 0.0135 e. The summed E-state index contributed by atoms with van der Waals surface area (Å²) in [6.45, 7) is 2.13. The van der Waals surface area contributed by atoms with Crippen LogP contribution in [0.15, 0.2) is 0 Å². The van der Waals surface area contributed by atoms with Gasteiger partial charge in [-0.3, -0.25) is 0 Å². The smallest absolute Gasteiger partial charge is 0.0135 e. The van der Waals surface area contributed by atoms with Gasteiger partial charge in [-0.25, -0.2) is 0 Å². The zero-order valence-corrected chi connectivity index (χ0v) is 11.0. The Balaban J connectivity index is 1.23. The third kappa shape index (κ3) is 2.39. The lowest BCUT2D eigenvalue weighted by atomic mass is 10.0. The average molecular weight is 236 g/mol. The summed E-state index contributed by atoms with van der Waals surface area (Å²) in [6, 6.07) is 0.935. The maximum absolute atomic E-state index is 5.49. The van der Waals surface area contributed by atoms with Crippen LogP contribution in [0.5, 0.6) is 0 Å². The molecule has 0 saturated heterocycles. The largest absolute Gasteiger partial charge is 0.330 e. The van der Waals surface area contributed by atoms with Crippen molar-refractivity contribution in [2.75, 3.05) is 13.1 Å². The molecule has 3 fully saturated rings. The Bertz CT molecular complexity index is 237. The van der Waals surface area contributed by atoms with Crippen LogP contribution in [-0.4, -0.2) is 19.1 Å². The Labute approximate surface area is 106 Å². The second-order valence-corrected chi connectivity index (χ2v) is 6.52. The van der Waals surface area contributed by atoms with Crippen molar-refractivity contribution in [3.63, 3.8) is 0 Å². The number of nitrogens with one attached hydrogen (secondary N) is 1. The van der Waals surface area contributed by atoms with Crippen LogP contribution in [0.1, 0.15) is 51.4 Å². The summed E-state index contributed by atoms with van der Waals surface area (Å²) in [5.74, 6) is 4.44. The van der Waals surface area contributed by atoms with E-state index in [0.29, 0.717) is 0 Å². The van der Waals surface area contributed by atoms with Crippen LogP contribution in [-0.2, 0) is 0 Å². The minimum Gasteiger partial charge on any atom is -0.330 e. The summed E-state index contributed by atoms with van der Waals surface area (Å²) in [6.07, 6.45) is 11.3. The Morgan fingerprint density at radius 1 is 0.882 bits per heavy atom. The molecule has 0 aromatic rings. The highest BCUT2D eigenvalue weighted by Crippen LogP contribution is 2.65. The van der Waals surface area contributed by atoms with Crippen LogP contribution in [0.3, 0.4) is 0 Å². The number of unbranched alkanes of at least 4 members (excludes halogenated alkanes) is 4. The highest BCUT2D eigenvalue weighted by molar-refractivity contribution is 5.16. The Morgan fingerprint density at radius 3 is 2.24 bits per heavy atom. The second kappa shape index (κ2) is 5.27. The van der Waals surface area contributed by atoms with Gasteiger partial charge in [0.05, 0.1) is 0 Å². The molecule has 0 aliphatic heterocycles. The van der Waals surface area contributed by atoms with Gasteiger partial charge in [0.2, 0.25) is 0 Å². The van der Waals surface area contributed by atoms with E-state index in [1.807, 2.05) is 0 Å². The molecule has 0 radical (unpaired) electrons. The monoisotopic (exact) mass is 236 g/mol. The van der Waals surface area contributed by atoms with Crippen molar-refractivity contribution in [2.24, 2.45) is 29.4 Å². The molecule has 3 N–H and O–H groups in total. The zero-order valence-electron chi connectivity index (χ0n) is 11.0. The predicted octanol–water partition coefficient (Wildman–Crippen LogP) is 2.53. The normalized spacial score (nSPS) is 41.8. The van der Waals surface area contributed by atoms with E-state index in [9.17, 15) is 0 Å². The average Bonchev–Trinajstić information content (AvgIpc) is 2.74. The van der Waals surface area contributed by atoms with Crippen molar-refractivity contribution in [1.29, 1.82) is 0 Å². The summed E-state index contributed by atoms with van der Waals surface area (Å²) in [4.78, 5) is 0. The number of fused-ring (bicyclic) bond motifs is 5. The molecule has 3 saturated carbocycles. The molecule has 4 atom stereocenters. The molecule has 3 aliphatic rings. The van der Waals surface area contributed by atoms with Crippen molar-refractivity contribution in [2.45, 2.75) is 57.4 Å². The third-order valence-electron chi connectivity index (χ3n) is 5.50. The Kier molecular flexibility index (Phi) is 3.72. The lowest BCUT2D eigenvalue weighted by Gasteiger charge is -2.10. The molecule has 98 valence electrons. The molecule has 2 bridgehead atoms. The highest BCUT2D eigenvalue weighted by atomic mass is 15.0. The number of hydrogen-bond donors (Lipinski definition) is 2. The van der Waals surface area contributed by atoms with Crippen LogP contribution in [0.4, 0.5) is 0 Å². The van der Waals surface area contributed by atoms with Gasteiger partial charge < -0.3 is 11.1 Å². The van der Waals surface area contributed by atoms with Crippen LogP contribution < -0.4 is 11.1 Å². The summed E-state index contributed by atoms with van der Waals surface area (Å²) in [5, 5.41) is 3.83. The van der Waals surface area contributed by atoms with E-state index in [1.54, 1.807) is 19.3 Å². The predicted molar refractivity (Wildman–Crippen MR) is 71.7 cm³/mol. The molecule has 2 heteroatoms. The lowest BCUT2D eigenvalue weighted by molar-refractivity contribution is 0.455. The molecular formula is C15H28N2. The molecule has 0 amide bonds. The van der Waals surface area contributed by atoms with Crippen molar-refractivity contribution >= 4 is 0 Å². The zero-order chi connectivity index (χ0) is 11.7. The molecule has 3 rings (SSSR count). The number of hydrogen-bond acceptors (Lipinski definition) is 2. The topological polar surface area (TPSA) is 38.0 Å². The van der Waals surface area contributed by atoms with E-state index in [1.165, 1.54) is 38.6 Å². The SMILES string of the molecule is NCCCCCCCNC1C2C3CCC(C3)C12. The van der Waals surface area contributed by atoms with Crippen LogP contribution in [0.2, 0.25) is 0 Å². The van der Waals surface area contributed by atoms with Gasteiger partial charge in [-0.15, -0.1) is 0 Å². The van der Waals surface area contributed by atoms with E-state index >= 15 is 0 Å². The fraction of sp³-hybridized carbons (Fsp3) is 1.00. The van der Waals surface area contributed by atoms with Gasteiger partial charge in [0, 0.05) is 6.04 Å². The van der Waals surface area contributed by atoms with Crippen molar-refractivity contribution in [3.05, 3.63) is 0 Å². The van der Waals surface area contributed by atoms with Crippen molar-refractivity contribution in [1.82, 2.24) is 5.32 Å². The molecule has 0 aromatic heterocycles. The quantitative estimate of drug-likeness (QED) is 0.636. The van der Waals surface area contributed by atoms with Gasteiger partial charge in [-0.05, 0) is 68.9 Å². The maximum atomic E-state index is 5.49. The van der Waals surface area contributed by atoms with Crippen LogP contribution >= 0.6 is 0 Å². The Morgan fingerprint density at radius 2 is 1.53 bits per heavy atom. The molecule has 0 heterocycles. The third-order valence-corrected chi connectivity index (χ3v) is 5.50. The molecule has 0 aromatic carbocycles. The summed E-state index contributed by atoms with van der Waals surface area (Å²) in [7, 11) is 0. The van der Waals surface area contributed by atoms with E-state index in [0.717, 1.165) is 36.3 Å². The molecule has 3 aliphatic carbocycles. The van der Waals surface area contributed by atoms with Gasteiger partial charge in [-0.2, -0.15) is 0 Å². The summed E-state index contributed by atoms with van der Waals surface area (Å²) in [5.41, 5.74) is 5.49. The molecule has 4 unspecified atom stereocenters. The molecule has 0 spiro atoms. The van der Waals surface area contributed by atoms with Gasteiger partial charge in [0.25, 0.3) is 0 Å². The Hall–Kier alpha value is -0.0800. The molecule has 2 nitrogen and oxygen atoms in total. The fourth-order valence-corrected chi connectivity index (χ4v) is 4.67. The first kappa shape index (κ1) is 12.0. The standard InChI is InChI=1S/C15H28N2/c16-8-4-2-1-3-5-9-17-15-13-11-6-7-12(10-11)14(13)15/h11-15,17H,1-10,16H2. The van der Waals surface area contributed by atoms with Gasteiger partial charge in [0.1, 0.15) is 0 Å². The minimum atomic E-state index is 0.868. The van der Waals surface area contributed by atoms with Gasteiger partial charge in [0.15, 0.2) is 0 Å². The van der Waals surface area contributed by atoms with E-state index in [2.05, 4.69) is 5.32 Å². The van der Waals surface area contributed by atoms with Gasteiger partial charge in [-0.1, -0.05) is 19.3 Å². The van der Waals surface area contributed by atoms with Gasteiger partial charge >= 0.3 is 0 Å². The first-order valence-corrected chi connectivity index (χ1v) is 7.85. The van der Waals surface area contributed by atoms with Crippen molar-refractivity contribution in [3.8, 4) is 0 Å². The minimum absolute atomic E-state index is 0.868. The van der Waals surface area contributed by atoms with E-state index < -0.39 is 0 Å². The first-order chi connectivity index (χ1) is 8.42. The van der Waals surface area contributed by atoms with E-state index in [4.69, 9.17) is 5.73 Å². The van der Waals surface area contributed by atoms with E-state index in [-0.39, 0.29) is 0 Å². The number of nitrogens with two attached hydrogens (primary N) is 1. The van der Waals surface area contributed by atoms with Crippen LogP contribution in [0.25, 0.3) is 0 Å². The first-order valence-electron chi connectivity index (χ1n) is 7.85. The molecule has 17 heavy (non-hydrogen) atoms. The van der Waals surface area contributed by atoms with Crippen molar-refractivity contribution < 1.29 is 0 Å². The fourth-order valence-electron chi connectivity index (χ4n) is 4.67. The summed E-state index contributed by atoms with van der Waals surface area (Å²) >= 11 is 0. The lowest BCUT2D eigenvalue weighted by Crippen LogP contribution is -2.24. The van der Waals surface area contributed by atoms with Crippen LogP contribution in [0, 0.1) is 23.7 Å². The highest BCUT2D eigenvalue weighted by Gasteiger charge is 2.64. The summed E-state index contributed by atoms with van der Waals surface area (Å²) < 4.78 is 0. The molecular weight excluding hydrogens is 208 g/mol.